The Kier molecular flexibility index (Phi) is 3.56. The fraction of sp³-hybridized carbons (Fsp3) is 0.222. The van der Waals surface area contributed by atoms with E-state index in [9.17, 15) is 14.0 Å². The van der Waals surface area contributed by atoms with E-state index in [4.69, 9.17) is 9.47 Å². The number of hydrogen-bond donors (Lipinski definition) is 1. The second-order valence-corrected chi connectivity index (χ2v) is 6.00. The van der Waals surface area contributed by atoms with Gasteiger partial charge in [-0.15, -0.1) is 0 Å². The molecule has 4 rings (SSSR count). The Hall–Kier alpha value is -3.09. The van der Waals surface area contributed by atoms with Crippen LogP contribution >= 0.6 is 0 Å². The maximum Gasteiger partial charge on any atom is 0.262 e. The number of ether oxygens (including phenoxy) is 2. The molecule has 2 aliphatic heterocycles. The zero-order valence-corrected chi connectivity index (χ0v) is 13.4. The van der Waals surface area contributed by atoms with Crippen LogP contribution in [-0.2, 0) is 4.79 Å². The van der Waals surface area contributed by atoms with Gasteiger partial charge in [-0.3, -0.25) is 14.5 Å². The lowest BCUT2D eigenvalue weighted by atomic mass is 10.1. The van der Waals surface area contributed by atoms with E-state index < -0.39 is 5.82 Å². The third-order valence-electron chi connectivity index (χ3n) is 4.18. The lowest BCUT2D eigenvalue weighted by Gasteiger charge is -2.35. The third kappa shape index (κ3) is 2.67. The zero-order chi connectivity index (χ0) is 17.6. The maximum atomic E-state index is 13.4. The molecule has 1 atom stereocenters. The lowest BCUT2D eigenvalue weighted by Crippen LogP contribution is -2.45. The number of halogens is 1. The predicted molar refractivity (Wildman–Crippen MR) is 88.7 cm³/mol. The Morgan fingerprint density at radius 2 is 2.04 bits per heavy atom. The number of hydrogen-bond acceptors (Lipinski definition) is 4. The Morgan fingerprint density at radius 3 is 2.88 bits per heavy atom. The quantitative estimate of drug-likeness (QED) is 0.865. The van der Waals surface area contributed by atoms with Gasteiger partial charge in [0.1, 0.15) is 23.9 Å². The van der Waals surface area contributed by atoms with Crippen LogP contribution in [0, 0.1) is 5.82 Å². The van der Waals surface area contributed by atoms with Crippen LogP contribution in [0.15, 0.2) is 36.4 Å². The molecule has 2 aromatic carbocycles. The minimum absolute atomic E-state index is 0.0419. The predicted octanol–water partition coefficient (Wildman–Crippen LogP) is 2.58. The van der Waals surface area contributed by atoms with Gasteiger partial charge in [0.05, 0.1) is 17.4 Å². The minimum Gasteiger partial charge on any atom is -0.489 e. The second kappa shape index (κ2) is 5.77. The molecule has 0 unspecified atom stereocenters. The number of amides is 2. The van der Waals surface area contributed by atoms with Crippen molar-refractivity contribution in [1.29, 1.82) is 0 Å². The van der Waals surface area contributed by atoms with Gasteiger partial charge in [-0.25, -0.2) is 4.39 Å². The van der Waals surface area contributed by atoms with Gasteiger partial charge < -0.3 is 14.8 Å². The summed E-state index contributed by atoms with van der Waals surface area (Å²) >= 11 is 0. The first kappa shape index (κ1) is 15.4. The van der Waals surface area contributed by atoms with Gasteiger partial charge in [-0.05, 0) is 37.3 Å². The van der Waals surface area contributed by atoms with Gasteiger partial charge in [0, 0.05) is 11.6 Å². The van der Waals surface area contributed by atoms with Gasteiger partial charge in [0.25, 0.3) is 11.8 Å². The van der Waals surface area contributed by atoms with Crippen LogP contribution in [0.1, 0.15) is 17.3 Å². The van der Waals surface area contributed by atoms with E-state index in [2.05, 4.69) is 5.32 Å². The number of nitrogens with one attached hydrogen (secondary N) is 1. The van der Waals surface area contributed by atoms with E-state index in [1.165, 1.54) is 18.2 Å². The van der Waals surface area contributed by atoms with Crippen molar-refractivity contribution < 1.29 is 23.5 Å². The molecule has 0 radical (unpaired) electrons. The van der Waals surface area contributed by atoms with Crippen LogP contribution in [0.4, 0.5) is 15.8 Å². The molecule has 0 aliphatic carbocycles. The van der Waals surface area contributed by atoms with Gasteiger partial charge >= 0.3 is 0 Å². The summed E-state index contributed by atoms with van der Waals surface area (Å²) in [5.41, 5.74) is 1.37. The van der Waals surface area contributed by atoms with Crippen molar-refractivity contribution in [1.82, 2.24) is 0 Å². The summed E-state index contributed by atoms with van der Waals surface area (Å²) in [6.45, 7) is 2.08. The molecular weight excluding hydrogens is 327 g/mol. The largest absolute Gasteiger partial charge is 0.489 e. The van der Waals surface area contributed by atoms with Crippen LogP contribution in [-0.4, -0.2) is 31.1 Å². The van der Waals surface area contributed by atoms with Crippen molar-refractivity contribution in [3.05, 3.63) is 47.8 Å². The van der Waals surface area contributed by atoms with Crippen LogP contribution in [0.2, 0.25) is 0 Å². The summed E-state index contributed by atoms with van der Waals surface area (Å²) in [5, 5.41) is 2.69. The summed E-state index contributed by atoms with van der Waals surface area (Å²) in [5.74, 6) is -0.0898. The van der Waals surface area contributed by atoms with Gasteiger partial charge in [0.15, 0.2) is 6.61 Å². The highest BCUT2D eigenvalue weighted by Gasteiger charge is 2.31. The number of fused-ring (bicyclic) bond motifs is 2. The highest BCUT2D eigenvalue weighted by atomic mass is 19.1. The van der Waals surface area contributed by atoms with Crippen molar-refractivity contribution in [2.45, 2.75) is 13.0 Å². The Bertz CT molecular complexity index is 883. The summed E-state index contributed by atoms with van der Waals surface area (Å²) < 4.78 is 24.3. The molecule has 128 valence electrons. The normalized spacial score (nSPS) is 18.4. The molecule has 2 aliphatic rings. The molecule has 6 nitrogen and oxygen atoms in total. The fourth-order valence-electron chi connectivity index (χ4n) is 2.99. The van der Waals surface area contributed by atoms with Crippen molar-refractivity contribution in [3.63, 3.8) is 0 Å². The minimum atomic E-state index is -0.422. The first-order chi connectivity index (χ1) is 12.0. The standard InChI is InChI=1S/C18H15FN2O4/c1-10-8-24-16-7-12(19)3-4-14(16)21(10)18(23)11-2-5-15-13(6-11)20-17(22)9-25-15/h2-7,10H,8-9H2,1H3,(H,20,22)/t10-/m0/s1. The number of rotatable bonds is 1. The molecule has 0 saturated carbocycles. The van der Waals surface area contributed by atoms with Crippen LogP contribution in [0.3, 0.4) is 0 Å². The average molecular weight is 342 g/mol. The molecule has 0 bridgehead atoms. The molecule has 0 aromatic heterocycles. The molecule has 2 heterocycles. The average Bonchev–Trinajstić information content (AvgIpc) is 2.60. The fourth-order valence-corrected chi connectivity index (χ4v) is 2.99. The highest BCUT2D eigenvalue weighted by molar-refractivity contribution is 6.09. The number of carbonyl (C=O) groups excluding carboxylic acids is 2. The summed E-state index contributed by atoms with van der Waals surface area (Å²) in [6, 6.07) is 8.75. The smallest absolute Gasteiger partial charge is 0.262 e. The van der Waals surface area contributed by atoms with Crippen LogP contribution < -0.4 is 19.7 Å². The number of benzene rings is 2. The van der Waals surface area contributed by atoms with Crippen molar-refractivity contribution >= 4 is 23.2 Å². The molecular formula is C18H15FN2O4. The number of anilines is 2. The maximum absolute atomic E-state index is 13.4. The van der Waals surface area contributed by atoms with E-state index in [-0.39, 0.29) is 31.1 Å². The molecule has 0 fully saturated rings. The van der Waals surface area contributed by atoms with E-state index in [0.29, 0.717) is 28.4 Å². The lowest BCUT2D eigenvalue weighted by molar-refractivity contribution is -0.118. The second-order valence-electron chi connectivity index (χ2n) is 6.00. The van der Waals surface area contributed by atoms with E-state index in [1.807, 2.05) is 6.92 Å². The highest BCUT2D eigenvalue weighted by Crippen LogP contribution is 2.36. The molecule has 1 N–H and O–H groups in total. The molecule has 2 aromatic rings. The molecule has 25 heavy (non-hydrogen) atoms. The summed E-state index contributed by atoms with van der Waals surface area (Å²) in [7, 11) is 0. The van der Waals surface area contributed by atoms with E-state index >= 15 is 0 Å². The van der Waals surface area contributed by atoms with Crippen molar-refractivity contribution in [2.24, 2.45) is 0 Å². The first-order valence-corrected chi connectivity index (χ1v) is 7.85. The topological polar surface area (TPSA) is 67.9 Å². The SMILES string of the molecule is C[C@H]1COc2cc(F)ccc2N1C(=O)c1ccc2c(c1)NC(=O)CO2. The monoisotopic (exact) mass is 342 g/mol. The van der Waals surface area contributed by atoms with Crippen LogP contribution in [0.25, 0.3) is 0 Å². The summed E-state index contributed by atoms with van der Waals surface area (Å²) in [6.07, 6.45) is 0. The molecule has 2 amide bonds. The van der Waals surface area contributed by atoms with Crippen molar-refractivity contribution in [3.8, 4) is 11.5 Å². The van der Waals surface area contributed by atoms with Gasteiger partial charge in [-0.2, -0.15) is 0 Å². The summed E-state index contributed by atoms with van der Waals surface area (Å²) in [4.78, 5) is 26.1. The van der Waals surface area contributed by atoms with Gasteiger partial charge in [0.2, 0.25) is 0 Å². The van der Waals surface area contributed by atoms with Crippen LogP contribution in [0.5, 0.6) is 11.5 Å². The van der Waals surface area contributed by atoms with E-state index in [0.717, 1.165) is 0 Å². The zero-order valence-electron chi connectivity index (χ0n) is 13.4. The first-order valence-electron chi connectivity index (χ1n) is 7.85. The van der Waals surface area contributed by atoms with Crippen molar-refractivity contribution in [2.75, 3.05) is 23.4 Å². The Labute approximate surface area is 143 Å². The molecule has 7 heteroatoms. The number of carbonyl (C=O) groups is 2. The Morgan fingerprint density at radius 1 is 1.20 bits per heavy atom. The third-order valence-corrected chi connectivity index (χ3v) is 4.18. The molecule has 0 saturated heterocycles. The number of nitrogens with zero attached hydrogens (tertiary/aromatic N) is 1. The van der Waals surface area contributed by atoms with Gasteiger partial charge in [-0.1, -0.05) is 0 Å². The van der Waals surface area contributed by atoms with E-state index in [1.54, 1.807) is 23.1 Å². The molecule has 0 spiro atoms. The Balaban J connectivity index is 1.72.